The minimum absolute atomic E-state index is 0.757. The first-order chi connectivity index (χ1) is 11.5. The van der Waals surface area contributed by atoms with E-state index in [1.807, 2.05) is 18.2 Å². The van der Waals surface area contributed by atoms with Crippen LogP contribution in [0.15, 0.2) is 54.6 Å². The molecule has 0 fully saturated rings. The molecule has 0 spiro atoms. The highest BCUT2D eigenvalue weighted by Crippen LogP contribution is 2.33. The number of aldehydes is 1. The van der Waals surface area contributed by atoms with Gasteiger partial charge < -0.3 is 0 Å². The zero-order valence-electron chi connectivity index (χ0n) is 14.7. The fourth-order valence-corrected chi connectivity index (χ4v) is 3.46. The van der Waals surface area contributed by atoms with Crippen molar-refractivity contribution in [2.75, 3.05) is 0 Å². The van der Waals surface area contributed by atoms with Crippen molar-refractivity contribution in [3.8, 4) is 22.3 Å². The quantitative estimate of drug-likeness (QED) is 0.536. The Hall–Kier alpha value is -2.67. The summed E-state index contributed by atoms with van der Waals surface area (Å²) in [4.78, 5) is 11.9. The number of hydrogen-bond donors (Lipinski definition) is 0. The van der Waals surface area contributed by atoms with Crippen molar-refractivity contribution in [2.45, 2.75) is 27.7 Å². The lowest BCUT2D eigenvalue weighted by atomic mass is 9.90. The molecule has 3 aromatic carbocycles. The van der Waals surface area contributed by atoms with E-state index in [1.165, 1.54) is 22.3 Å². The van der Waals surface area contributed by atoms with Crippen molar-refractivity contribution < 1.29 is 4.79 Å². The summed E-state index contributed by atoms with van der Waals surface area (Å²) in [6.07, 6.45) is 0.986. The minimum Gasteiger partial charge on any atom is -0.298 e. The van der Waals surface area contributed by atoms with Gasteiger partial charge in [0.2, 0.25) is 0 Å². The number of rotatable bonds is 3. The predicted octanol–water partition coefficient (Wildman–Crippen LogP) is 6.07. The molecule has 0 radical (unpaired) electrons. The first-order valence-electron chi connectivity index (χ1n) is 8.23. The largest absolute Gasteiger partial charge is 0.298 e. The Labute approximate surface area is 144 Å². The van der Waals surface area contributed by atoms with Gasteiger partial charge in [0.25, 0.3) is 0 Å². The molecule has 0 N–H and O–H groups in total. The summed E-state index contributed by atoms with van der Waals surface area (Å²) >= 11 is 0. The molecule has 1 heteroatoms. The first-order valence-corrected chi connectivity index (χ1v) is 8.23. The average molecular weight is 314 g/mol. The van der Waals surface area contributed by atoms with Crippen LogP contribution in [0.2, 0.25) is 0 Å². The molecular weight excluding hydrogens is 292 g/mol. The highest BCUT2D eigenvalue weighted by atomic mass is 16.1. The van der Waals surface area contributed by atoms with Crippen molar-refractivity contribution in [3.63, 3.8) is 0 Å². The molecule has 0 aliphatic carbocycles. The Morgan fingerprint density at radius 1 is 0.625 bits per heavy atom. The lowest BCUT2D eigenvalue weighted by molar-refractivity contribution is 0.112. The summed E-state index contributed by atoms with van der Waals surface area (Å²) in [6, 6.07) is 19.0. The maximum absolute atomic E-state index is 11.9. The van der Waals surface area contributed by atoms with Gasteiger partial charge in [-0.05, 0) is 49.9 Å². The lowest BCUT2D eigenvalue weighted by Gasteiger charge is -2.13. The molecule has 0 aliphatic rings. The van der Waals surface area contributed by atoms with Crippen LogP contribution in [-0.2, 0) is 0 Å². The van der Waals surface area contributed by atoms with E-state index in [4.69, 9.17) is 0 Å². The fourth-order valence-electron chi connectivity index (χ4n) is 3.46. The maximum Gasteiger partial charge on any atom is 0.151 e. The van der Waals surface area contributed by atoms with Crippen molar-refractivity contribution >= 4 is 6.29 Å². The second-order valence-electron chi connectivity index (χ2n) is 6.64. The van der Waals surface area contributed by atoms with Crippen LogP contribution in [0.1, 0.15) is 32.6 Å². The SMILES string of the molecule is Cc1cc(C)cc(-c2cccc(-c3cc(C)cc(C)c3)c2C=O)c1. The van der Waals surface area contributed by atoms with Gasteiger partial charge in [-0.1, -0.05) is 76.9 Å². The third-order valence-corrected chi connectivity index (χ3v) is 4.29. The monoisotopic (exact) mass is 314 g/mol. The zero-order chi connectivity index (χ0) is 17.3. The topological polar surface area (TPSA) is 17.1 Å². The van der Waals surface area contributed by atoms with Gasteiger partial charge in [0.1, 0.15) is 0 Å². The molecule has 0 bridgehead atoms. The van der Waals surface area contributed by atoms with Crippen LogP contribution in [0.4, 0.5) is 0 Å². The van der Waals surface area contributed by atoms with E-state index in [0.29, 0.717) is 0 Å². The fraction of sp³-hybridized carbons (Fsp3) is 0.174. The van der Waals surface area contributed by atoms with Gasteiger partial charge >= 0.3 is 0 Å². The summed E-state index contributed by atoms with van der Waals surface area (Å²) in [5.41, 5.74) is 9.77. The minimum atomic E-state index is 0.757. The van der Waals surface area contributed by atoms with Crippen LogP contribution in [0.5, 0.6) is 0 Å². The Morgan fingerprint density at radius 3 is 1.33 bits per heavy atom. The molecule has 3 aromatic rings. The van der Waals surface area contributed by atoms with Gasteiger partial charge in [-0.25, -0.2) is 0 Å². The van der Waals surface area contributed by atoms with Gasteiger partial charge in [0, 0.05) is 5.56 Å². The van der Waals surface area contributed by atoms with Crippen LogP contribution in [0, 0.1) is 27.7 Å². The Kier molecular flexibility index (Phi) is 4.35. The van der Waals surface area contributed by atoms with Crippen LogP contribution in [-0.4, -0.2) is 6.29 Å². The van der Waals surface area contributed by atoms with Crippen molar-refractivity contribution in [1.82, 2.24) is 0 Å². The number of hydrogen-bond acceptors (Lipinski definition) is 1. The molecular formula is C23H22O. The highest BCUT2D eigenvalue weighted by molar-refractivity contribution is 5.96. The van der Waals surface area contributed by atoms with Crippen molar-refractivity contribution in [3.05, 3.63) is 82.4 Å². The molecule has 1 nitrogen and oxygen atoms in total. The number of aryl methyl sites for hydroxylation is 4. The Bertz CT molecular complexity index is 809. The van der Waals surface area contributed by atoms with Crippen LogP contribution >= 0.6 is 0 Å². The summed E-state index contributed by atoms with van der Waals surface area (Å²) in [6.45, 7) is 8.35. The maximum atomic E-state index is 11.9. The molecule has 120 valence electrons. The average Bonchev–Trinajstić information content (AvgIpc) is 2.52. The van der Waals surface area contributed by atoms with E-state index in [2.05, 4.69) is 64.1 Å². The summed E-state index contributed by atoms with van der Waals surface area (Å²) in [5, 5.41) is 0. The molecule has 0 saturated carbocycles. The first kappa shape index (κ1) is 16.2. The van der Waals surface area contributed by atoms with E-state index in [0.717, 1.165) is 34.1 Å². The molecule has 0 unspecified atom stereocenters. The van der Waals surface area contributed by atoms with E-state index in [1.54, 1.807) is 0 Å². The second kappa shape index (κ2) is 6.45. The predicted molar refractivity (Wildman–Crippen MR) is 102 cm³/mol. The van der Waals surface area contributed by atoms with Gasteiger partial charge in [0.05, 0.1) is 0 Å². The van der Waals surface area contributed by atoms with E-state index in [-0.39, 0.29) is 0 Å². The van der Waals surface area contributed by atoms with Crippen molar-refractivity contribution in [1.29, 1.82) is 0 Å². The lowest BCUT2D eigenvalue weighted by Crippen LogP contribution is -1.94. The third-order valence-electron chi connectivity index (χ3n) is 4.29. The van der Waals surface area contributed by atoms with Crippen LogP contribution in [0.3, 0.4) is 0 Å². The van der Waals surface area contributed by atoms with Gasteiger partial charge in [0.15, 0.2) is 6.29 Å². The van der Waals surface area contributed by atoms with Gasteiger partial charge in [-0.15, -0.1) is 0 Å². The number of carbonyl (C=O) groups is 1. The summed E-state index contributed by atoms with van der Waals surface area (Å²) < 4.78 is 0. The summed E-state index contributed by atoms with van der Waals surface area (Å²) in [5.74, 6) is 0. The van der Waals surface area contributed by atoms with Crippen LogP contribution < -0.4 is 0 Å². The third kappa shape index (κ3) is 3.16. The van der Waals surface area contributed by atoms with Gasteiger partial charge in [-0.2, -0.15) is 0 Å². The zero-order valence-corrected chi connectivity index (χ0v) is 14.7. The number of benzene rings is 3. The molecule has 0 heterocycles. The molecule has 3 rings (SSSR count). The molecule has 0 saturated heterocycles. The highest BCUT2D eigenvalue weighted by Gasteiger charge is 2.12. The van der Waals surface area contributed by atoms with Crippen LogP contribution in [0.25, 0.3) is 22.3 Å². The molecule has 24 heavy (non-hydrogen) atoms. The second-order valence-corrected chi connectivity index (χ2v) is 6.64. The Balaban J connectivity index is 2.25. The van der Waals surface area contributed by atoms with E-state index >= 15 is 0 Å². The van der Waals surface area contributed by atoms with Gasteiger partial charge in [-0.3, -0.25) is 4.79 Å². The molecule has 0 atom stereocenters. The standard InChI is InChI=1S/C23H22O/c1-15-8-16(2)11-19(10-15)21-6-5-7-22(23(21)14-24)20-12-17(3)9-18(4)13-20/h5-14H,1-4H3. The van der Waals surface area contributed by atoms with E-state index < -0.39 is 0 Å². The molecule has 0 aromatic heterocycles. The smallest absolute Gasteiger partial charge is 0.151 e. The summed E-state index contributed by atoms with van der Waals surface area (Å²) in [7, 11) is 0. The van der Waals surface area contributed by atoms with E-state index in [9.17, 15) is 4.79 Å². The van der Waals surface area contributed by atoms with Crippen molar-refractivity contribution in [2.24, 2.45) is 0 Å². The number of carbonyl (C=O) groups excluding carboxylic acids is 1. The Morgan fingerprint density at radius 2 is 1.00 bits per heavy atom. The molecule has 0 aliphatic heterocycles. The normalized spacial score (nSPS) is 10.7. The molecule has 0 amide bonds.